The highest BCUT2D eigenvalue weighted by molar-refractivity contribution is 7.90. The summed E-state index contributed by atoms with van der Waals surface area (Å²) in [5.74, 6) is -0.995. The van der Waals surface area contributed by atoms with Gasteiger partial charge in [-0.15, -0.1) is 0 Å². The van der Waals surface area contributed by atoms with Crippen LogP contribution in [0.2, 0.25) is 0 Å². The number of aryl methyl sites for hydroxylation is 1. The molecule has 0 saturated heterocycles. The quantitative estimate of drug-likeness (QED) is 0.759. The Morgan fingerprint density at radius 2 is 2.00 bits per heavy atom. The Hall–Kier alpha value is -2.94. The summed E-state index contributed by atoms with van der Waals surface area (Å²) in [5, 5.41) is 5.04. The van der Waals surface area contributed by atoms with Crippen molar-refractivity contribution in [1.29, 1.82) is 0 Å². The minimum atomic E-state index is -3.53. The third-order valence-electron chi connectivity index (χ3n) is 3.98. The number of carbonyl (C=O) groups excluding carboxylic acids is 2. The monoisotopic (exact) mass is 392 g/mol. The van der Waals surface area contributed by atoms with Crippen molar-refractivity contribution in [2.24, 2.45) is 0 Å². The van der Waals surface area contributed by atoms with Gasteiger partial charge >= 0.3 is 0 Å². The maximum Gasteiger partial charge on any atom is 0.262 e. The van der Waals surface area contributed by atoms with Crippen LogP contribution in [-0.2, 0) is 25.8 Å². The van der Waals surface area contributed by atoms with Gasteiger partial charge in [0, 0.05) is 18.4 Å². The number of benzene rings is 2. The van der Waals surface area contributed by atoms with Crippen molar-refractivity contribution in [3.8, 4) is 5.75 Å². The van der Waals surface area contributed by atoms with Crippen LogP contribution in [0.15, 0.2) is 41.3 Å². The maximum absolute atomic E-state index is 13.8. The Morgan fingerprint density at radius 3 is 2.74 bits per heavy atom. The standard InChI is InChI=1S/C18H17FN2O5S/c1-27(24,25)13-4-5-14(19)16(9-13)21-18(23)10-26-12-3-6-15-11(8-12)2-7-17(22)20-15/h3-6,8-9H,2,7,10H2,1H3,(H,20,22)(H,21,23). The van der Waals surface area contributed by atoms with E-state index in [-0.39, 0.29) is 23.1 Å². The van der Waals surface area contributed by atoms with Gasteiger partial charge < -0.3 is 15.4 Å². The molecule has 2 aromatic rings. The highest BCUT2D eigenvalue weighted by Gasteiger charge is 2.16. The lowest BCUT2D eigenvalue weighted by Gasteiger charge is -2.17. The van der Waals surface area contributed by atoms with Gasteiger partial charge in [-0.25, -0.2) is 12.8 Å². The number of anilines is 2. The Labute approximate surface area is 155 Å². The van der Waals surface area contributed by atoms with Crippen molar-refractivity contribution in [3.05, 3.63) is 47.8 Å². The highest BCUT2D eigenvalue weighted by atomic mass is 32.2. The molecule has 27 heavy (non-hydrogen) atoms. The first-order chi connectivity index (χ1) is 12.7. The Morgan fingerprint density at radius 1 is 1.22 bits per heavy atom. The van der Waals surface area contributed by atoms with Crippen molar-refractivity contribution >= 4 is 33.0 Å². The van der Waals surface area contributed by atoms with Crippen molar-refractivity contribution in [2.75, 3.05) is 23.5 Å². The molecule has 0 saturated carbocycles. The van der Waals surface area contributed by atoms with Crippen LogP contribution < -0.4 is 15.4 Å². The van der Waals surface area contributed by atoms with E-state index < -0.39 is 21.6 Å². The van der Waals surface area contributed by atoms with Gasteiger partial charge in [0.2, 0.25) is 5.91 Å². The Bertz CT molecular complexity index is 1020. The van der Waals surface area contributed by atoms with E-state index in [0.717, 1.165) is 30.0 Å². The average molecular weight is 392 g/mol. The highest BCUT2D eigenvalue weighted by Crippen LogP contribution is 2.27. The molecule has 0 radical (unpaired) electrons. The predicted molar refractivity (Wildman–Crippen MR) is 97.0 cm³/mol. The molecular weight excluding hydrogens is 375 g/mol. The summed E-state index contributed by atoms with van der Waals surface area (Å²) >= 11 is 0. The van der Waals surface area contributed by atoms with Crippen LogP contribution in [0.5, 0.6) is 5.75 Å². The lowest BCUT2D eigenvalue weighted by atomic mass is 10.0. The summed E-state index contributed by atoms with van der Waals surface area (Å²) in [6.07, 6.45) is 1.95. The zero-order valence-electron chi connectivity index (χ0n) is 14.4. The molecule has 0 bridgehead atoms. The molecule has 0 spiro atoms. The van der Waals surface area contributed by atoms with Crippen LogP contribution >= 0.6 is 0 Å². The van der Waals surface area contributed by atoms with Crippen LogP contribution in [0.25, 0.3) is 0 Å². The van der Waals surface area contributed by atoms with Gasteiger partial charge in [0.25, 0.3) is 5.91 Å². The summed E-state index contributed by atoms with van der Waals surface area (Å²) in [6.45, 7) is -0.381. The van der Waals surface area contributed by atoms with Crippen molar-refractivity contribution < 1.29 is 27.1 Å². The van der Waals surface area contributed by atoms with Crippen LogP contribution in [0.1, 0.15) is 12.0 Å². The summed E-state index contributed by atoms with van der Waals surface area (Å²) < 4.78 is 42.3. The third kappa shape index (κ3) is 4.62. The Balaban J connectivity index is 1.65. The van der Waals surface area contributed by atoms with E-state index in [1.54, 1.807) is 18.2 Å². The summed E-state index contributed by atoms with van der Waals surface area (Å²) in [5.41, 5.74) is 1.38. The molecule has 9 heteroatoms. The smallest absolute Gasteiger partial charge is 0.262 e. The molecule has 1 aliphatic heterocycles. The number of carbonyl (C=O) groups is 2. The molecule has 2 amide bonds. The van der Waals surface area contributed by atoms with E-state index in [1.165, 1.54) is 0 Å². The van der Waals surface area contributed by atoms with Gasteiger partial charge in [-0.05, 0) is 48.4 Å². The molecule has 2 aromatic carbocycles. The molecule has 2 N–H and O–H groups in total. The number of ether oxygens (including phenoxy) is 1. The lowest BCUT2D eigenvalue weighted by Crippen LogP contribution is -2.21. The third-order valence-corrected chi connectivity index (χ3v) is 5.09. The van der Waals surface area contributed by atoms with Crippen molar-refractivity contribution in [1.82, 2.24) is 0 Å². The van der Waals surface area contributed by atoms with Crippen molar-refractivity contribution in [2.45, 2.75) is 17.7 Å². The zero-order chi connectivity index (χ0) is 19.6. The summed E-state index contributed by atoms with van der Waals surface area (Å²) in [6, 6.07) is 8.20. The molecule has 142 valence electrons. The minimum Gasteiger partial charge on any atom is -0.484 e. The molecule has 0 aromatic heterocycles. The second kappa shape index (κ2) is 7.36. The number of fused-ring (bicyclic) bond motifs is 1. The summed E-state index contributed by atoms with van der Waals surface area (Å²) in [4.78, 5) is 23.3. The van der Waals surface area contributed by atoms with Gasteiger partial charge in [0.15, 0.2) is 16.4 Å². The first kappa shape index (κ1) is 18.8. The van der Waals surface area contributed by atoms with E-state index in [0.29, 0.717) is 24.3 Å². The van der Waals surface area contributed by atoms with E-state index in [1.807, 2.05) is 0 Å². The molecule has 0 fully saturated rings. The number of sulfone groups is 1. The van der Waals surface area contributed by atoms with Crippen LogP contribution in [0, 0.1) is 5.82 Å². The fraction of sp³-hybridized carbons (Fsp3) is 0.222. The van der Waals surface area contributed by atoms with Crippen LogP contribution in [0.4, 0.5) is 15.8 Å². The van der Waals surface area contributed by atoms with Gasteiger partial charge in [0.1, 0.15) is 11.6 Å². The minimum absolute atomic E-state index is 0.0473. The summed E-state index contributed by atoms with van der Waals surface area (Å²) in [7, 11) is -3.53. The zero-order valence-corrected chi connectivity index (χ0v) is 15.2. The number of amides is 2. The SMILES string of the molecule is CS(=O)(=O)c1ccc(F)c(NC(=O)COc2ccc3c(c2)CCC(=O)N3)c1. The topological polar surface area (TPSA) is 102 Å². The number of hydrogen-bond donors (Lipinski definition) is 2. The molecule has 3 rings (SSSR count). The average Bonchev–Trinajstić information content (AvgIpc) is 2.61. The largest absolute Gasteiger partial charge is 0.484 e. The second-order valence-electron chi connectivity index (χ2n) is 6.12. The van der Waals surface area contributed by atoms with Gasteiger partial charge in [-0.1, -0.05) is 0 Å². The van der Waals surface area contributed by atoms with E-state index in [4.69, 9.17) is 4.74 Å². The Kier molecular flexibility index (Phi) is 5.13. The van der Waals surface area contributed by atoms with Crippen molar-refractivity contribution in [3.63, 3.8) is 0 Å². The van der Waals surface area contributed by atoms with Crippen LogP contribution in [-0.4, -0.2) is 33.1 Å². The first-order valence-corrected chi connectivity index (χ1v) is 9.96. The number of nitrogens with one attached hydrogen (secondary N) is 2. The van der Waals surface area contributed by atoms with Gasteiger partial charge in [-0.2, -0.15) is 0 Å². The molecule has 1 heterocycles. The fourth-order valence-electron chi connectivity index (χ4n) is 2.62. The molecule has 1 aliphatic rings. The fourth-order valence-corrected chi connectivity index (χ4v) is 3.26. The number of hydrogen-bond acceptors (Lipinski definition) is 5. The normalized spacial score (nSPS) is 13.5. The molecule has 0 aliphatic carbocycles. The maximum atomic E-state index is 13.8. The predicted octanol–water partition coefficient (Wildman–Crippen LogP) is 2.13. The number of halogens is 1. The second-order valence-corrected chi connectivity index (χ2v) is 8.13. The molecule has 0 unspecified atom stereocenters. The molecule has 7 nitrogen and oxygen atoms in total. The van der Waals surface area contributed by atoms with E-state index in [9.17, 15) is 22.4 Å². The molecular formula is C18H17FN2O5S. The van der Waals surface area contributed by atoms with Crippen LogP contribution in [0.3, 0.4) is 0 Å². The number of rotatable bonds is 5. The first-order valence-electron chi connectivity index (χ1n) is 8.07. The van der Waals surface area contributed by atoms with Gasteiger partial charge in [0.05, 0.1) is 10.6 Å². The molecule has 0 atom stereocenters. The lowest BCUT2D eigenvalue weighted by molar-refractivity contribution is -0.118. The van der Waals surface area contributed by atoms with Gasteiger partial charge in [-0.3, -0.25) is 9.59 Å². The van der Waals surface area contributed by atoms with E-state index in [2.05, 4.69) is 10.6 Å². The van der Waals surface area contributed by atoms with E-state index >= 15 is 0 Å².